The van der Waals surface area contributed by atoms with Gasteiger partial charge >= 0.3 is 0 Å². The van der Waals surface area contributed by atoms with Crippen molar-refractivity contribution in [2.45, 2.75) is 12.8 Å². The van der Waals surface area contributed by atoms with E-state index in [4.69, 9.17) is 0 Å². The number of benzene rings is 3. The Kier molecular flexibility index (Phi) is 4.99. The van der Waals surface area contributed by atoms with Crippen LogP contribution < -0.4 is 5.32 Å². The van der Waals surface area contributed by atoms with Crippen LogP contribution in [0.4, 0.5) is 20.2 Å². The van der Waals surface area contributed by atoms with Gasteiger partial charge < -0.3 is 5.32 Å². The van der Waals surface area contributed by atoms with E-state index < -0.39 is 17.6 Å². The zero-order chi connectivity index (χ0) is 20.4. The van der Waals surface area contributed by atoms with E-state index in [2.05, 4.69) is 15.3 Å². The van der Waals surface area contributed by atoms with Crippen LogP contribution >= 0.6 is 0 Å². The summed E-state index contributed by atoms with van der Waals surface area (Å²) in [5.41, 5.74) is 2.55. The summed E-state index contributed by atoms with van der Waals surface area (Å²) in [4.78, 5) is 22.0. The van der Waals surface area contributed by atoms with Crippen molar-refractivity contribution in [1.82, 2.24) is 5.32 Å². The van der Waals surface area contributed by atoms with Gasteiger partial charge in [0, 0.05) is 5.71 Å². The molecule has 4 rings (SSSR count). The van der Waals surface area contributed by atoms with Crippen molar-refractivity contribution in [2.24, 2.45) is 9.98 Å². The number of rotatable bonds is 2. The number of hydrogen-bond donors (Lipinski definition) is 1. The number of carbonyl (C=O) groups excluding carboxylic acids is 1. The third-order valence-electron chi connectivity index (χ3n) is 4.67. The number of hydrogen-bond acceptors (Lipinski definition) is 3. The average Bonchev–Trinajstić information content (AvgIpc) is 2.84. The lowest BCUT2D eigenvalue weighted by atomic mass is 9.93. The highest BCUT2D eigenvalue weighted by molar-refractivity contribution is 6.19. The van der Waals surface area contributed by atoms with E-state index in [1.807, 2.05) is 25.1 Å². The number of halogens is 2. The molecule has 144 valence electrons. The van der Waals surface area contributed by atoms with Gasteiger partial charge in [-0.1, -0.05) is 36.4 Å². The van der Waals surface area contributed by atoms with Gasteiger partial charge in [-0.15, -0.1) is 0 Å². The first-order valence-electron chi connectivity index (χ1n) is 9.07. The minimum atomic E-state index is -0.622. The highest BCUT2D eigenvalue weighted by Crippen LogP contribution is 2.34. The molecule has 0 saturated carbocycles. The molecular weight excluding hydrogens is 372 g/mol. The quantitative estimate of drug-likeness (QED) is 0.634. The van der Waals surface area contributed by atoms with Crippen molar-refractivity contribution < 1.29 is 13.6 Å². The Hall–Kier alpha value is -3.67. The molecule has 4 nitrogen and oxygen atoms in total. The molecule has 1 N–H and O–H groups in total. The SMILES string of the molecule is CC1=Nc2ccccc2N=C(NC(=O)c2ccccc2F)[C@H]1c1ccc(F)cc1. The summed E-state index contributed by atoms with van der Waals surface area (Å²) in [6.07, 6.45) is 0. The molecule has 1 amide bonds. The van der Waals surface area contributed by atoms with Gasteiger partial charge in [0.15, 0.2) is 0 Å². The van der Waals surface area contributed by atoms with Crippen molar-refractivity contribution >= 4 is 28.8 Å². The Balaban J connectivity index is 1.81. The number of carbonyl (C=O) groups is 1. The number of nitrogens with zero attached hydrogens (tertiary/aromatic N) is 2. The number of aliphatic imine (C=N–C) groups is 2. The highest BCUT2D eigenvalue weighted by Gasteiger charge is 2.27. The Morgan fingerprint density at radius 1 is 0.862 bits per heavy atom. The highest BCUT2D eigenvalue weighted by atomic mass is 19.1. The van der Waals surface area contributed by atoms with E-state index in [-0.39, 0.29) is 11.4 Å². The first-order chi connectivity index (χ1) is 14.0. The maximum absolute atomic E-state index is 14.1. The fourth-order valence-corrected chi connectivity index (χ4v) is 3.28. The number of nitrogens with one attached hydrogen (secondary N) is 1. The monoisotopic (exact) mass is 389 g/mol. The van der Waals surface area contributed by atoms with Crippen molar-refractivity contribution in [2.75, 3.05) is 0 Å². The minimum absolute atomic E-state index is 0.0832. The number of para-hydroxylation sites is 2. The van der Waals surface area contributed by atoms with Crippen LogP contribution in [0.3, 0.4) is 0 Å². The molecule has 6 heteroatoms. The van der Waals surface area contributed by atoms with Crippen molar-refractivity contribution in [1.29, 1.82) is 0 Å². The molecule has 1 aliphatic heterocycles. The molecule has 0 saturated heterocycles. The van der Waals surface area contributed by atoms with Crippen LogP contribution in [0.2, 0.25) is 0 Å². The van der Waals surface area contributed by atoms with Crippen LogP contribution in [0.1, 0.15) is 28.8 Å². The predicted molar refractivity (Wildman–Crippen MR) is 109 cm³/mol. The third-order valence-corrected chi connectivity index (χ3v) is 4.67. The van der Waals surface area contributed by atoms with E-state index in [1.165, 1.54) is 30.3 Å². The molecule has 0 fully saturated rings. The molecular formula is C23H17F2N3O. The van der Waals surface area contributed by atoms with Gasteiger partial charge in [-0.25, -0.2) is 13.8 Å². The fourth-order valence-electron chi connectivity index (χ4n) is 3.28. The lowest BCUT2D eigenvalue weighted by Crippen LogP contribution is -2.37. The topological polar surface area (TPSA) is 53.8 Å². The number of amidine groups is 1. The molecule has 1 heterocycles. The Bertz CT molecular complexity index is 1140. The summed E-state index contributed by atoms with van der Waals surface area (Å²) in [6, 6.07) is 19.0. The van der Waals surface area contributed by atoms with Crippen LogP contribution in [0.25, 0.3) is 0 Å². The van der Waals surface area contributed by atoms with Crippen molar-refractivity contribution in [3.05, 3.63) is 95.6 Å². The van der Waals surface area contributed by atoms with Crippen LogP contribution in [-0.4, -0.2) is 17.5 Å². The molecule has 0 aromatic heterocycles. The van der Waals surface area contributed by atoms with Crippen LogP contribution in [0.15, 0.2) is 82.8 Å². The average molecular weight is 389 g/mol. The zero-order valence-electron chi connectivity index (χ0n) is 15.6. The molecule has 3 aromatic carbocycles. The second-order valence-electron chi connectivity index (χ2n) is 6.66. The summed E-state index contributed by atoms with van der Waals surface area (Å²) in [7, 11) is 0. The largest absolute Gasteiger partial charge is 0.309 e. The summed E-state index contributed by atoms with van der Waals surface area (Å²) in [6.45, 7) is 1.82. The summed E-state index contributed by atoms with van der Waals surface area (Å²) in [5, 5.41) is 2.75. The normalized spacial score (nSPS) is 15.6. The fraction of sp³-hybridized carbons (Fsp3) is 0.0870. The van der Waals surface area contributed by atoms with Crippen molar-refractivity contribution in [3.8, 4) is 0 Å². The summed E-state index contributed by atoms with van der Waals surface area (Å²) in [5.74, 6) is -1.81. The zero-order valence-corrected chi connectivity index (χ0v) is 15.6. The van der Waals surface area contributed by atoms with Gasteiger partial charge in [-0.2, -0.15) is 0 Å². The van der Waals surface area contributed by atoms with E-state index in [0.717, 1.165) is 0 Å². The molecule has 0 unspecified atom stereocenters. The van der Waals surface area contributed by atoms with E-state index in [9.17, 15) is 13.6 Å². The molecule has 1 aliphatic rings. The minimum Gasteiger partial charge on any atom is -0.309 e. The first kappa shape index (κ1) is 18.7. The second kappa shape index (κ2) is 7.75. The van der Waals surface area contributed by atoms with E-state index in [0.29, 0.717) is 28.5 Å². The van der Waals surface area contributed by atoms with E-state index >= 15 is 0 Å². The maximum Gasteiger partial charge on any atom is 0.259 e. The van der Waals surface area contributed by atoms with Crippen LogP contribution in [0.5, 0.6) is 0 Å². The van der Waals surface area contributed by atoms with Crippen LogP contribution in [0, 0.1) is 11.6 Å². The van der Waals surface area contributed by atoms with Crippen molar-refractivity contribution in [3.63, 3.8) is 0 Å². The third kappa shape index (κ3) is 3.82. The lowest BCUT2D eigenvalue weighted by Gasteiger charge is -2.19. The van der Waals surface area contributed by atoms with Gasteiger partial charge in [0.25, 0.3) is 5.91 Å². The molecule has 0 radical (unpaired) electrons. The smallest absolute Gasteiger partial charge is 0.259 e. The Morgan fingerprint density at radius 3 is 2.17 bits per heavy atom. The molecule has 3 aromatic rings. The van der Waals surface area contributed by atoms with Gasteiger partial charge in [-0.3, -0.25) is 9.79 Å². The Morgan fingerprint density at radius 2 is 1.48 bits per heavy atom. The standard InChI is InChI=1S/C23H17F2N3O/c1-14-21(15-10-12-16(24)13-11-15)22(27-20-9-5-4-8-19(20)26-14)28-23(29)17-6-2-3-7-18(17)25/h2-13,21H,1H3,(H,27,28,29)/t21-/m1/s1. The summed E-state index contributed by atoms with van der Waals surface area (Å²) < 4.78 is 27.5. The van der Waals surface area contributed by atoms with Gasteiger partial charge in [0.2, 0.25) is 0 Å². The van der Waals surface area contributed by atoms with E-state index in [1.54, 1.807) is 24.3 Å². The first-order valence-corrected chi connectivity index (χ1v) is 9.07. The Labute approximate surface area is 166 Å². The maximum atomic E-state index is 14.1. The molecule has 0 aliphatic carbocycles. The molecule has 29 heavy (non-hydrogen) atoms. The van der Waals surface area contributed by atoms with Crippen LogP contribution in [-0.2, 0) is 0 Å². The van der Waals surface area contributed by atoms with Gasteiger partial charge in [0.05, 0.1) is 22.9 Å². The van der Waals surface area contributed by atoms with Gasteiger partial charge in [0.1, 0.15) is 17.5 Å². The predicted octanol–water partition coefficient (Wildman–Crippen LogP) is 5.31. The molecule has 0 bridgehead atoms. The molecule has 1 atom stereocenters. The number of fused-ring (bicyclic) bond motifs is 1. The van der Waals surface area contributed by atoms with Gasteiger partial charge in [-0.05, 0) is 48.9 Å². The molecule has 0 spiro atoms. The summed E-state index contributed by atoms with van der Waals surface area (Å²) >= 11 is 0. The second-order valence-corrected chi connectivity index (χ2v) is 6.66. The lowest BCUT2D eigenvalue weighted by molar-refractivity contribution is 0.0972. The number of amides is 1.